The van der Waals surface area contributed by atoms with Gasteiger partial charge in [0, 0.05) is 12.6 Å². The van der Waals surface area contributed by atoms with E-state index in [-0.39, 0.29) is 5.56 Å². The first kappa shape index (κ1) is 15.4. The molecule has 0 radical (unpaired) electrons. The molecular weight excluding hydrogens is 286 g/mol. The van der Waals surface area contributed by atoms with Gasteiger partial charge >= 0.3 is 0 Å². The SMILES string of the molecule is CCc1cnc2nc(CCCCc3ccccc3)[nH]c(=O)c2c1. The van der Waals surface area contributed by atoms with Crippen LogP contribution in [0.3, 0.4) is 0 Å². The minimum absolute atomic E-state index is 0.0872. The third-order valence-corrected chi connectivity index (χ3v) is 4.05. The van der Waals surface area contributed by atoms with E-state index in [9.17, 15) is 4.79 Å². The normalized spacial score (nSPS) is 11.0. The fourth-order valence-corrected chi connectivity index (χ4v) is 2.69. The number of fused-ring (bicyclic) bond motifs is 1. The zero-order valence-corrected chi connectivity index (χ0v) is 13.4. The van der Waals surface area contributed by atoms with Gasteiger partial charge in [-0.15, -0.1) is 0 Å². The summed E-state index contributed by atoms with van der Waals surface area (Å²) in [6, 6.07) is 12.3. The Labute approximate surface area is 135 Å². The topological polar surface area (TPSA) is 58.6 Å². The fraction of sp³-hybridized carbons (Fsp3) is 0.316. The Kier molecular flexibility index (Phi) is 4.81. The Morgan fingerprint density at radius 2 is 1.83 bits per heavy atom. The Bertz CT molecular complexity index is 840. The standard InChI is InChI=1S/C19H21N3O/c1-2-14-12-16-18(20-13-14)21-17(22-19(16)23)11-7-6-10-15-8-4-3-5-9-15/h3-5,8-9,12-13H,2,6-7,10-11H2,1H3,(H,20,21,22,23). The van der Waals surface area contributed by atoms with Crippen LogP contribution in [0.5, 0.6) is 0 Å². The number of rotatable bonds is 6. The first-order valence-corrected chi connectivity index (χ1v) is 8.18. The molecule has 2 heterocycles. The zero-order valence-electron chi connectivity index (χ0n) is 13.4. The van der Waals surface area contributed by atoms with Gasteiger partial charge in [-0.05, 0) is 42.9 Å². The molecule has 2 aromatic heterocycles. The third kappa shape index (κ3) is 3.83. The highest BCUT2D eigenvalue weighted by molar-refractivity contribution is 5.73. The molecule has 0 saturated carbocycles. The lowest BCUT2D eigenvalue weighted by molar-refractivity contribution is 0.707. The van der Waals surface area contributed by atoms with Crippen molar-refractivity contribution in [3.8, 4) is 0 Å². The average molecular weight is 307 g/mol. The summed E-state index contributed by atoms with van der Waals surface area (Å²) in [6.07, 6.45) is 6.56. The average Bonchev–Trinajstić information content (AvgIpc) is 2.59. The van der Waals surface area contributed by atoms with Gasteiger partial charge in [-0.3, -0.25) is 4.79 Å². The van der Waals surface area contributed by atoms with Gasteiger partial charge < -0.3 is 4.98 Å². The van der Waals surface area contributed by atoms with E-state index in [4.69, 9.17) is 0 Å². The van der Waals surface area contributed by atoms with Crippen LogP contribution in [0.4, 0.5) is 0 Å². The maximum absolute atomic E-state index is 12.2. The van der Waals surface area contributed by atoms with Crippen LogP contribution in [0.15, 0.2) is 47.4 Å². The van der Waals surface area contributed by atoms with Gasteiger partial charge in [-0.1, -0.05) is 37.3 Å². The van der Waals surface area contributed by atoms with Crippen LogP contribution in [-0.2, 0) is 19.3 Å². The van der Waals surface area contributed by atoms with Gasteiger partial charge in [0.25, 0.3) is 5.56 Å². The molecule has 0 fully saturated rings. The first-order valence-electron chi connectivity index (χ1n) is 8.18. The number of H-pyrrole nitrogens is 1. The number of nitrogens with one attached hydrogen (secondary N) is 1. The molecule has 3 aromatic rings. The monoisotopic (exact) mass is 307 g/mol. The quantitative estimate of drug-likeness (QED) is 0.710. The van der Waals surface area contributed by atoms with Crippen LogP contribution >= 0.6 is 0 Å². The predicted molar refractivity (Wildman–Crippen MR) is 92.6 cm³/mol. The van der Waals surface area contributed by atoms with Crippen molar-refractivity contribution < 1.29 is 0 Å². The molecule has 0 unspecified atom stereocenters. The Morgan fingerprint density at radius 3 is 2.61 bits per heavy atom. The smallest absolute Gasteiger partial charge is 0.260 e. The Morgan fingerprint density at radius 1 is 1.04 bits per heavy atom. The molecule has 23 heavy (non-hydrogen) atoms. The highest BCUT2D eigenvalue weighted by atomic mass is 16.1. The van der Waals surface area contributed by atoms with E-state index in [1.165, 1.54) is 5.56 Å². The molecule has 118 valence electrons. The van der Waals surface area contributed by atoms with Crippen LogP contribution in [-0.4, -0.2) is 15.0 Å². The number of benzene rings is 1. The van der Waals surface area contributed by atoms with E-state index in [0.29, 0.717) is 11.0 Å². The molecule has 0 bridgehead atoms. The van der Waals surface area contributed by atoms with Gasteiger partial charge in [-0.2, -0.15) is 0 Å². The van der Waals surface area contributed by atoms with Crippen molar-refractivity contribution in [3.63, 3.8) is 0 Å². The summed E-state index contributed by atoms with van der Waals surface area (Å²) in [4.78, 5) is 23.9. The lowest BCUT2D eigenvalue weighted by Crippen LogP contribution is -2.13. The van der Waals surface area contributed by atoms with Crippen molar-refractivity contribution in [1.82, 2.24) is 15.0 Å². The van der Waals surface area contributed by atoms with E-state index >= 15 is 0 Å². The van der Waals surface area contributed by atoms with Gasteiger partial charge in [0.2, 0.25) is 0 Å². The largest absolute Gasteiger partial charge is 0.310 e. The number of unbranched alkanes of at least 4 members (excludes halogenated alkanes) is 1. The minimum atomic E-state index is -0.0872. The number of aryl methyl sites for hydroxylation is 3. The second-order valence-electron chi connectivity index (χ2n) is 5.77. The van der Waals surface area contributed by atoms with Crippen LogP contribution in [0, 0.1) is 0 Å². The van der Waals surface area contributed by atoms with Gasteiger partial charge in [0.05, 0.1) is 5.39 Å². The molecule has 4 heteroatoms. The van der Waals surface area contributed by atoms with Gasteiger partial charge in [0.15, 0.2) is 5.65 Å². The lowest BCUT2D eigenvalue weighted by atomic mass is 10.1. The molecule has 1 aromatic carbocycles. The number of aromatic amines is 1. The molecule has 0 atom stereocenters. The molecule has 0 saturated heterocycles. The molecule has 3 rings (SSSR count). The summed E-state index contributed by atoms with van der Waals surface area (Å²) >= 11 is 0. The first-order chi connectivity index (χ1) is 11.3. The van der Waals surface area contributed by atoms with E-state index < -0.39 is 0 Å². The number of pyridine rings is 1. The van der Waals surface area contributed by atoms with Crippen molar-refractivity contribution in [2.45, 2.75) is 39.0 Å². The summed E-state index contributed by atoms with van der Waals surface area (Å²) in [5.74, 6) is 0.729. The lowest BCUT2D eigenvalue weighted by Gasteiger charge is -2.04. The second-order valence-corrected chi connectivity index (χ2v) is 5.77. The number of nitrogens with zero attached hydrogens (tertiary/aromatic N) is 2. The van der Waals surface area contributed by atoms with Crippen LogP contribution < -0.4 is 5.56 Å². The van der Waals surface area contributed by atoms with E-state index in [2.05, 4.69) is 39.2 Å². The molecule has 0 amide bonds. The molecule has 4 nitrogen and oxygen atoms in total. The third-order valence-electron chi connectivity index (χ3n) is 4.05. The van der Waals surface area contributed by atoms with Crippen molar-refractivity contribution in [1.29, 1.82) is 0 Å². The van der Waals surface area contributed by atoms with Crippen LogP contribution in [0.25, 0.3) is 11.0 Å². The maximum Gasteiger partial charge on any atom is 0.260 e. The highest BCUT2D eigenvalue weighted by Gasteiger charge is 2.06. The molecule has 1 N–H and O–H groups in total. The Balaban J connectivity index is 1.65. The fourth-order valence-electron chi connectivity index (χ4n) is 2.69. The number of hydrogen-bond acceptors (Lipinski definition) is 3. The van der Waals surface area contributed by atoms with Crippen molar-refractivity contribution >= 4 is 11.0 Å². The Hall–Kier alpha value is -2.49. The highest BCUT2D eigenvalue weighted by Crippen LogP contribution is 2.10. The van der Waals surface area contributed by atoms with E-state index in [1.807, 2.05) is 19.1 Å². The molecule has 0 spiro atoms. The summed E-state index contributed by atoms with van der Waals surface area (Å²) in [7, 11) is 0. The van der Waals surface area contributed by atoms with Crippen LogP contribution in [0.2, 0.25) is 0 Å². The summed E-state index contributed by atoms with van der Waals surface area (Å²) in [6.45, 7) is 2.05. The van der Waals surface area contributed by atoms with Crippen molar-refractivity contribution in [2.24, 2.45) is 0 Å². The minimum Gasteiger partial charge on any atom is -0.310 e. The second kappa shape index (κ2) is 7.18. The molecule has 0 aliphatic heterocycles. The maximum atomic E-state index is 12.2. The molecule has 0 aliphatic carbocycles. The zero-order chi connectivity index (χ0) is 16.1. The van der Waals surface area contributed by atoms with E-state index in [1.54, 1.807) is 6.20 Å². The van der Waals surface area contributed by atoms with E-state index in [0.717, 1.165) is 43.5 Å². The van der Waals surface area contributed by atoms with Crippen LogP contribution in [0.1, 0.15) is 36.7 Å². The predicted octanol–water partition coefficient (Wildman–Crippen LogP) is 3.45. The molecule has 0 aliphatic rings. The van der Waals surface area contributed by atoms with Gasteiger partial charge in [-0.25, -0.2) is 9.97 Å². The van der Waals surface area contributed by atoms with Crippen molar-refractivity contribution in [3.05, 3.63) is 69.9 Å². The number of hydrogen-bond donors (Lipinski definition) is 1. The van der Waals surface area contributed by atoms with Crippen molar-refractivity contribution in [2.75, 3.05) is 0 Å². The number of aromatic nitrogens is 3. The summed E-state index contributed by atoms with van der Waals surface area (Å²) in [5, 5.41) is 0.581. The van der Waals surface area contributed by atoms with Gasteiger partial charge in [0.1, 0.15) is 5.82 Å². The molecular formula is C19H21N3O. The summed E-state index contributed by atoms with van der Waals surface area (Å²) < 4.78 is 0. The summed E-state index contributed by atoms with van der Waals surface area (Å²) in [5.41, 5.74) is 2.86.